The zero-order valence-corrected chi connectivity index (χ0v) is 15.4. The van der Waals surface area contributed by atoms with Gasteiger partial charge in [-0.3, -0.25) is 9.59 Å². The van der Waals surface area contributed by atoms with Gasteiger partial charge in [0.2, 0.25) is 21.5 Å². The number of aromatic nitrogens is 1. The third-order valence-electron chi connectivity index (χ3n) is 3.80. The summed E-state index contributed by atoms with van der Waals surface area (Å²) in [6.45, 7) is 2.49. The van der Waals surface area contributed by atoms with Crippen LogP contribution in [0.4, 0.5) is 0 Å². The Morgan fingerprint density at radius 2 is 1.77 bits per heavy atom. The largest absolute Gasteiger partial charge is 0.355 e. The van der Waals surface area contributed by atoms with E-state index in [2.05, 4.69) is 10.0 Å². The minimum absolute atomic E-state index is 0.0551. The van der Waals surface area contributed by atoms with Crippen molar-refractivity contribution >= 4 is 15.9 Å². The van der Waals surface area contributed by atoms with Crippen LogP contribution >= 0.6 is 0 Å². The van der Waals surface area contributed by atoms with E-state index in [1.807, 2.05) is 0 Å². The first-order valence-corrected chi connectivity index (χ1v) is 9.89. The average molecular weight is 377 g/mol. The van der Waals surface area contributed by atoms with E-state index in [0.29, 0.717) is 19.5 Å². The van der Waals surface area contributed by atoms with Crippen LogP contribution in [0, 0.1) is 0 Å². The van der Waals surface area contributed by atoms with Crippen molar-refractivity contribution in [2.45, 2.75) is 37.2 Å². The van der Waals surface area contributed by atoms with E-state index in [-0.39, 0.29) is 16.4 Å². The third-order valence-corrected chi connectivity index (χ3v) is 5.36. The lowest BCUT2D eigenvalue weighted by atomic mass is 10.3. The summed E-state index contributed by atoms with van der Waals surface area (Å²) in [5, 5.41) is 2.70. The normalized spacial score (nSPS) is 12.5. The smallest absolute Gasteiger partial charge is 0.250 e. The summed E-state index contributed by atoms with van der Waals surface area (Å²) in [6.07, 6.45) is 3.14. The van der Waals surface area contributed by atoms with Crippen molar-refractivity contribution in [2.75, 3.05) is 6.54 Å². The van der Waals surface area contributed by atoms with Crippen LogP contribution in [0.3, 0.4) is 0 Å². The number of sulfonamides is 1. The Balaban J connectivity index is 1.74. The van der Waals surface area contributed by atoms with Crippen molar-refractivity contribution in [1.29, 1.82) is 0 Å². The minimum atomic E-state index is -3.73. The third kappa shape index (κ3) is 5.82. The van der Waals surface area contributed by atoms with Crippen LogP contribution in [-0.4, -0.2) is 31.5 Å². The molecule has 0 fully saturated rings. The first-order chi connectivity index (χ1) is 12.4. The first kappa shape index (κ1) is 19.9. The highest BCUT2D eigenvalue weighted by molar-refractivity contribution is 7.89. The minimum Gasteiger partial charge on any atom is -0.355 e. The van der Waals surface area contributed by atoms with E-state index >= 15 is 0 Å². The molecule has 2 rings (SSSR count). The predicted octanol–water partition coefficient (Wildman–Crippen LogP) is 1.11. The van der Waals surface area contributed by atoms with Gasteiger partial charge in [0, 0.05) is 25.4 Å². The topological polar surface area (TPSA) is 97.3 Å². The molecule has 2 aromatic rings. The number of aryl methyl sites for hydroxylation is 1. The number of hydrogen-bond donors (Lipinski definition) is 2. The van der Waals surface area contributed by atoms with Gasteiger partial charge < -0.3 is 9.88 Å². The SMILES string of the molecule is C[C@H](NS(=O)(=O)c1ccccc1)C(=O)NCCCCn1ccccc1=O. The van der Waals surface area contributed by atoms with E-state index in [4.69, 9.17) is 0 Å². The van der Waals surface area contributed by atoms with Gasteiger partial charge in [-0.05, 0) is 38.0 Å². The molecule has 1 heterocycles. The van der Waals surface area contributed by atoms with Crippen LogP contribution in [0.1, 0.15) is 19.8 Å². The summed E-state index contributed by atoms with van der Waals surface area (Å²) in [7, 11) is -3.73. The monoisotopic (exact) mass is 377 g/mol. The van der Waals surface area contributed by atoms with E-state index < -0.39 is 16.1 Å². The molecule has 140 valence electrons. The second-order valence-electron chi connectivity index (χ2n) is 5.89. The Bertz CT molecular complexity index is 879. The fourth-order valence-electron chi connectivity index (χ4n) is 2.37. The fourth-order valence-corrected chi connectivity index (χ4v) is 3.60. The van der Waals surface area contributed by atoms with Crippen molar-refractivity contribution < 1.29 is 13.2 Å². The first-order valence-electron chi connectivity index (χ1n) is 8.41. The number of hydrogen-bond acceptors (Lipinski definition) is 4. The molecule has 26 heavy (non-hydrogen) atoms. The molecule has 2 N–H and O–H groups in total. The molecule has 0 saturated heterocycles. The highest BCUT2D eigenvalue weighted by Gasteiger charge is 2.21. The molecule has 0 aliphatic heterocycles. The summed E-state index contributed by atoms with van der Waals surface area (Å²) < 4.78 is 28.3. The molecule has 8 heteroatoms. The summed E-state index contributed by atoms with van der Waals surface area (Å²) in [5.74, 6) is -0.388. The number of benzene rings is 1. The van der Waals surface area contributed by atoms with Crippen LogP contribution in [-0.2, 0) is 21.4 Å². The molecule has 0 aliphatic carbocycles. The molecule has 0 radical (unpaired) electrons. The van der Waals surface area contributed by atoms with Gasteiger partial charge in [-0.2, -0.15) is 4.72 Å². The van der Waals surface area contributed by atoms with Gasteiger partial charge in [0.25, 0.3) is 0 Å². The zero-order valence-electron chi connectivity index (χ0n) is 14.6. The lowest BCUT2D eigenvalue weighted by Crippen LogP contribution is -2.44. The lowest BCUT2D eigenvalue weighted by molar-refractivity contribution is -0.122. The maximum Gasteiger partial charge on any atom is 0.250 e. The number of carbonyl (C=O) groups is 1. The molecule has 0 bridgehead atoms. The molecule has 0 unspecified atom stereocenters. The number of carbonyl (C=O) groups excluding carboxylic acids is 1. The fraction of sp³-hybridized carbons (Fsp3) is 0.333. The molecule has 1 amide bonds. The molecule has 1 atom stereocenters. The standard InChI is InChI=1S/C18H23N3O4S/c1-15(20-26(24,25)16-9-3-2-4-10-16)18(23)19-12-6-8-14-21-13-7-5-11-17(21)22/h2-5,7,9-11,13,15,20H,6,8,12,14H2,1H3,(H,19,23)/t15-/m0/s1. The Labute approximate surface area is 153 Å². The zero-order chi connectivity index (χ0) is 19.0. The molecule has 0 spiro atoms. The molecular weight excluding hydrogens is 354 g/mol. The lowest BCUT2D eigenvalue weighted by Gasteiger charge is -2.14. The molecular formula is C18H23N3O4S. The van der Waals surface area contributed by atoms with Crippen LogP contribution in [0.2, 0.25) is 0 Å². The Morgan fingerprint density at radius 1 is 1.08 bits per heavy atom. The van der Waals surface area contributed by atoms with E-state index in [0.717, 1.165) is 6.42 Å². The Kier molecular flexibility index (Phi) is 7.11. The van der Waals surface area contributed by atoms with Gasteiger partial charge in [-0.1, -0.05) is 24.3 Å². The average Bonchev–Trinajstić information content (AvgIpc) is 2.63. The molecule has 0 aliphatic rings. The Hall–Kier alpha value is -2.45. The number of rotatable bonds is 9. The summed E-state index contributed by atoms with van der Waals surface area (Å²) >= 11 is 0. The second kappa shape index (κ2) is 9.30. The van der Waals surface area contributed by atoms with Crippen molar-refractivity contribution in [1.82, 2.24) is 14.6 Å². The van der Waals surface area contributed by atoms with E-state index in [1.54, 1.807) is 41.1 Å². The number of nitrogens with zero attached hydrogens (tertiary/aromatic N) is 1. The van der Waals surface area contributed by atoms with E-state index in [1.165, 1.54) is 25.1 Å². The van der Waals surface area contributed by atoms with Gasteiger partial charge in [0.15, 0.2) is 0 Å². The van der Waals surface area contributed by atoms with E-state index in [9.17, 15) is 18.0 Å². The molecule has 1 aromatic carbocycles. The van der Waals surface area contributed by atoms with Crippen molar-refractivity contribution in [2.24, 2.45) is 0 Å². The van der Waals surface area contributed by atoms with Gasteiger partial charge in [-0.25, -0.2) is 8.42 Å². The summed E-state index contributed by atoms with van der Waals surface area (Å²) in [5.41, 5.74) is -0.0551. The maximum absolute atomic E-state index is 12.2. The van der Waals surface area contributed by atoms with Crippen LogP contribution < -0.4 is 15.6 Å². The van der Waals surface area contributed by atoms with Crippen molar-refractivity contribution in [3.05, 3.63) is 65.1 Å². The van der Waals surface area contributed by atoms with Gasteiger partial charge in [0.1, 0.15) is 0 Å². The van der Waals surface area contributed by atoms with Gasteiger partial charge >= 0.3 is 0 Å². The maximum atomic E-state index is 12.2. The van der Waals surface area contributed by atoms with Crippen molar-refractivity contribution in [3.63, 3.8) is 0 Å². The summed E-state index contributed by atoms with van der Waals surface area (Å²) in [4.78, 5) is 23.7. The quantitative estimate of drug-likeness (QED) is 0.640. The van der Waals surface area contributed by atoms with Gasteiger partial charge in [0.05, 0.1) is 10.9 Å². The molecule has 7 nitrogen and oxygen atoms in total. The predicted molar refractivity (Wildman–Crippen MR) is 99.2 cm³/mol. The summed E-state index contributed by atoms with van der Waals surface area (Å²) in [6, 6.07) is 12.0. The highest BCUT2D eigenvalue weighted by atomic mass is 32.2. The Morgan fingerprint density at radius 3 is 2.46 bits per heavy atom. The van der Waals surface area contributed by atoms with Crippen LogP contribution in [0.5, 0.6) is 0 Å². The molecule has 0 saturated carbocycles. The van der Waals surface area contributed by atoms with Crippen molar-refractivity contribution in [3.8, 4) is 0 Å². The molecule has 1 aromatic heterocycles. The van der Waals surface area contributed by atoms with Gasteiger partial charge in [-0.15, -0.1) is 0 Å². The number of amides is 1. The second-order valence-corrected chi connectivity index (χ2v) is 7.60. The van der Waals surface area contributed by atoms with Crippen LogP contribution in [0.25, 0.3) is 0 Å². The number of unbranched alkanes of at least 4 members (excludes halogenated alkanes) is 1. The number of nitrogens with one attached hydrogen (secondary N) is 2. The highest BCUT2D eigenvalue weighted by Crippen LogP contribution is 2.07. The van der Waals surface area contributed by atoms with Crippen LogP contribution in [0.15, 0.2) is 64.4 Å². The number of pyridine rings is 1.